The number of anilines is 1. The van der Waals surface area contributed by atoms with Crippen molar-refractivity contribution in [1.82, 2.24) is 5.32 Å². The van der Waals surface area contributed by atoms with E-state index in [0.29, 0.717) is 17.2 Å². The molecule has 0 unspecified atom stereocenters. The Kier molecular flexibility index (Phi) is 5.10. The van der Waals surface area contributed by atoms with Crippen LogP contribution in [0, 0.1) is 5.92 Å². The second-order valence-corrected chi connectivity index (χ2v) is 8.34. The van der Waals surface area contributed by atoms with E-state index in [1.165, 1.54) is 16.9 Å². The van der Waals surface area contributed by atoms with Crippen LogP contribution in [0.15, 0.2) is 12.1 Å². The highest BCUT2D eigenvalue weighted by Crippen LogP contribution is 2.45. The molecule has 2 atom stereocenters. The van der Waals surface area contributed by atoms with Crippen molar-refractivity contribution in [1.29, 1.82) is 0 Å². The minimum Gasteiger partial charge on any atom is -0.493 e. The van der Waals surface area contributed by atoms with Crippen molar-refractivity contribution in [3.05, 3.63) is 33.7 Å². The maximum Gasteiger partial charge on any atom is 0.256 e. The average Bonchev–Trinajstić information content (AvgIpc) is 3.10. The van der Waals surface area contributed by atoms with Crippen molar-refractivity contribution >= 4 is 22.2 Å². The number of thiophene rings is 1. The van der Waals surface area contributed by atoms with Crippen molar-refractivity contribution in [2.24, 2.45) is 5.92 Å². The summed E-state index contributed by atoms with van der Waals surface area (Å²) in [6, 6.07) is 3.73. The molecule has 4 rings (SSSR count). The number of hydrogen-bond donors (Lipinski definition) is 2. The molecule has 150 valence electrons. The highest BCUT2D eigenvalue weighted by Gasteiger charge is 2.34. The molecular formula is C21H26N2O4S. The van der Waals surface area contributed by atoms with Gasteiger partial charge >= 0.3 is 0 Å². The first kappa shape index (κ1) is 18.9. The van der Waals surface area contributed by atoms with Crippen molar-refractivity contribution in [2.75, 3.05) is 26.6 Å². The first-order valence-electron chi connectivity index (χ1n) is 9.61. The largest absolute Gasteiger partial charge is 0.493 e. The van der Waals surface area contributed by atoms with Gasteiger partial charge < -0.3 is 24.8 Å². The quantitative estimate of drug-likeness (QED) is 0.787. The molecule has 7 heteroatoms. The molecule has 0 radical (unpaired) electrons. The SMILES string of the molecule is CC[C@@H]1CCc2c(sc3c2C(=O)N[C@H](c2cc(OC)c(OC)c(OC)c2)N3)C1. The van der Waals surface area contributed by atoms with Crippen LogP contribution in [0.25, 0.3) is 0 Å². The van der Waals surface area contributed by atoms with E-state index in [9.17, 15) is 4.79 Å². The summed E-state index contributed by atoms with van der Waals surface area (Å²) in [7, 11) is 4.75. The number of amides is 1. The molecule has 0 saturated carbocycles. The van der Waals surface area contributed by atoms with Crippen molar-refractivity contribution in [2.45, 2.75) is 38.8 Å². The van der Waals surface area contributed by atoms with Gasteiger partial charge in [-0.25, -0.2) is 0 Å². The predicted octanol–water partition coefficient (Wildman–Crippen LogP) is 4.14. The lowest BCUT2D eigenvalue weighted by Crippen LogP contribution is -2.38. The van der Waals surface area contributed by atoms with Crippen LogP contribution < -0.4 is 24.8 Å². The van der Waals surface area contributed by atoms with E-state index in [-0.39, 0.29) is 12.1 Å². The molecule has 2 aromatic rings. The number of carbonyl (C=O) groups excluding carboxylic acids is 1. The average molecular weight is 403 g/mol. The normalized spacial score (nSPS) is 20.5. The zero-order valence-electron chi connectivity index (χ0n) is 16.7. The van der Waals surface area contributed by atoms with E-state index in [1.807, 2.05) is 12.1 Å². The fraction of sp³-hybridized carbons (Fsp3) is 0.476. The number of methoxy groups -OCH3 is 3. The van der Waals surface area contributed by atoms with Crippen LogP contribution in [-0.4, -0.2) is 27.2 Å². The molecule has 1 aromatic carbocycles. The number of fused-ring (bicyclic) bond motifs is 3. The summed E-state index contributed by atoms with van der Waals surface area (Å²) in [6.45, 7) is 2.24. The van der Waals surface area contributed by atoms with Gasteiger partial charge in [0.1, 0.15) is 11.2 Å². The summed E-state index contributed by atoms with van der Waals surface area (Å²) in [6.07, 6.45) is 4.07. The molecule has 0 saturated heterocycles. The Morgan fingerprint density at radius 2 is 1.82 bits per heavy atom. The Morgan fingerprint density at radius 3 is 2.43 bits per heavy atom. The van der Waals surface area contributed by atoms with Crippen LogP contribution in [0.5, 0.6) is 17.2 Å². The van der Waals surface area contributed by atoms with Crippen LogP contribution >= 0.6 is 11.3 Å². The van der Waals surface area contributed by atoms with Crippen molar-refractivity contribution in [3.63, 3.8) is 0 Å². The van der Waals surface area contributed by atoms with Crippen molar-refractivity contribution < 1.29 is 19.0 Å². The van der Waals surface area contributed by atoms with Gasteiger partial charge in [-0.05, 0) is 42.9 Å². The number of benzene rings is 1. The molecule has 6 nitrogen and oxygen atoms in total. The second-order valence-electron chi connectivity index (χ2n) is 7.23. The lowest BCUT2D eigenvalue weighted by atomic mass is 9.85. The second kappa shape index (κ2) is 7.54. The maximum atomic E-state index is 13.0. The fourth-order valence-electron chi connectivity index (χ4n) is 4.15. The number of hydrogen-bond acceptors (Lipinski definition) is 6. The minimum atomic E-state index is -0.351. The minimum absolute atomic E-state index is 0.0139. The lowest BCUT2D eigenvalue weighted by molar-refractivity contribution is 0.0935. The number of nitrogens with one attached hydrogen (secondary N) is 2. The summed E-state index contributed by atoms with van der Waals surface area (Å²) in [5, 5.41) is 7.57. The molecule has 2 aliphatic rings. The van der Waals surface area contributed by atoms with Gasteiger partial charge in [0.15, 0.2) is 11.5 Å². The zero-order valence-corrected chi connectivity index (χ0v) is 17.5. The highest BCUT2D eigenvalue weighted by atomic mass is 32.1. The van der Waals surface area contributed by atoms with Gasteiger partial charge in [-0.2, -0.15) is 0 Å². The number of ether oxygens (including phenoxy) is 3. The van der Waals surface area contributed by atoms with Gasteiger partial charge in [0.2, 0.25) is 5.75 Å². The molecule has 1 aliphatic heterocycles. The van der Waals surface area contributed by atoms with Crippen LogP contribution in [-0.2, 0) is 12.8 Å². The van der Waals surface area contributed by atoms with Crippen LogP contribution in [0.3, 0.4) is 0 Å². The predicted molar refractivity (Wildman–Crippen MR) is 110 cm³/mol. The van der Waals surface area contributed by atoms with Crippen LogP contribution in [0.2, 0.25) is 0 Å². The summed E-state index contributed by atoms with van der Waals surface area (Å²) >= 11 is 1.73. The first-order valence-corrected chi connectivity index (χ1v) is 10.4. The maximum absolute atomic E-state index is 13.0. The van der Waals surface area contributed by atoms with Gasteiger partial charge in [-0.1, -0.05) is 13.3 Å². The Hall–Kier alpha value is -2.41. The molecular weight excluding hydrogens is 376 g/mol. The first-order chi connectivity index (χ1) is 13.6. The fourth-order valence-corrected chi connectivity index (χ4v) is 5.54. The third-order valence-corrected chi connectivity index (χ3v) is 6.93. The lowest BCUT2D eigenvalue weighted by Gasteiger charge is -2.28. The highest BCUT2D eigenvalue weighted by molar-refractivity contribution is 7.16. The van der Waals surface area contributed by atoms with Gasteiger partial charge in [0, 0.05) is 10.4 Å². The monoisotopic (exact) mass is 402 g/mol. The topological polar surface area (TPSA) is 68.8 Å². The molecule has 1 amide bonds. The van der Waals surface area contributed by atoms with Crippen molar-refractivity contribution in [3.8, 4) is 17.2 Å². The third kappa shape index (κ3) is 3.07. The summed E-state index contributed by atoms with van der Waals surface area (Å²) in [5.41, 5.74) is 2.92. The zero-order chi connectivity index (χ0) is 19.8. The van der Waals surface area contributed by atoms with E-state index in [4.69, 9.17) is 14.2 Å². The number of carbonyl (C=O) groups is 1. The molecule has 0 bridgehead atoms. The standard InChI is InChI=1S/C21H26N2O4S/c1-5-11-6-7-13-16(8-11)28-21-17(13)20(24)22-19(23-21)12-9-14(25-2)18(27-4)15(10-12)26-3/h9-11,19,23H,5-8H2,1-4H3,(H,22,24)/t11-,19+/m1/s1. The van der Waals surface area contributed by atoms with Gasteiger partial charge in [0.05, 0.1) is 26.9 Å². The van der Waals surface area contributed by atoms with E-state index in [1.54, 1.807) is 32.7 Å². The van der Waals surface area contributed by atoms with Crippen LogP contribution in [0.1, 0.15) is 52.3 Å². The van der Waals surface area contributed by atoms with Crippen LogP contribution in [0.4, 0.5) is 5.00 Å². The van der Waals surface area contributed by atoms with Gasteiger partial charge in [0.25, 0.3) is 5.91 Å². The van der Waals surface area contributed by atoms with E-state index < -0.39 is 0 Å². The van der Waals surface area contributed by atoms with Gasteiger partial charge in [-0.15, -0.1) is 11.3 Å². The molecule has 1 aromatic heterocycles. The molecule has 2 heterocycles. The Bertz CT molecular complexity index is 883. The van der Waals surface area contributed by atoms with Gasteiger partial charge in [-0.3, -0.25) is 4.79 Å². The van der Waals surface area contributed by atoms with E-state index in [0.717, 1.165) is 41.3 Å². The smallest absolute Gasteiger partial charge is 0.256 e. The molecule has 28 heavy (non-hydrogen) atoms. The summed E-state index contributed by atoms with van der Waals surface area (Å²) in [5.74, 6) is 2.38. The Morgan fingerprint density at radius 1 is 1.11 bits per heavy atom. The summed E-state index contributed by atoms with van der Waals surface area (Å²) < 4.78 is 16.3. The Balaban J connectivity index is 1.69. The summed E-state index contributed by atoms with van der Waals surface area (Å²) in [4.78, 5) is 14.3. The molecule has 2 N–H and O–H groups in total. The molecule has 0 spiro atoms. The third-order valence-electron chi connectivity index (χ3n) is 5.74. The Labute approximate surface area is 169 Å². The molecule has 1 aliphatic carbocycles. The number of rotatable bonds is 5. The van der Waals surface area contributed by atoms with E-state index >= 15 is 0 Å². The molecule has 0 fully saturated rings. The van der Waals surface area contributed by atoms with E-state index in [2.05, 4.69) is 17.6 Å².